The van der Waals surface area contributed by atoms with E-state index in [9.17, 15) is 19.1 Å². The van der Waals surface area contributed by atoms with Gasteiger partial charge in [-0.2, -0.15) is 4.98 Å². The van der Waals surface area contributed by atoms with E-state index < -0.39 is 17.5 Å². The van der Waals surface area contributed by atoms with Crippen molar-refractivity contribution in [3.8, 4) is 0 Å². The number of carboxylic acids is 1. The van der Waals surface area contributed by atoms with Crippen LogP contribution in [0.25, 0.3) is 0 Å². The molecule has 0 aliphatic heterocycles. The Morgan fingerprint density at radius 1 is 1.56 bits per heavy atom. The van der Waals surface area contributed by atoms with Crippen LogP contribution in [0.2, 0.25) is 0 Å². The molecule has 1 heterocycles. The number of carbonyl (C=O) groups is 1. The number of nitrogens with one attached hydrogen (secondary N) is 1. The molecule has 0 aliphatic carbocycles. The summed E-state index contributed by atoms with van der Waals surface area (Å²) in [5.41, 5.74) is 4.31. The molecule has 0 atom stereocenters. The molecule has 1 aromatic heterocycles. The van der Waals surface area contributed by atoms with Gasteiger partial charge in [-0.3, -0.25) is 4.98 Å². The van der Waals surface area contributed by atoms with Crippen LogP contribution in [0.15, 0.2) is 35.3 Å². The summed E-state index contributed by atoms with van der Waals surface area (Å²) in [7, 11) is 0. The molecule has 0 amide bonds. The molecule has 0 aliphatic rings. The third kappa shape index (κ3) is 10.4. The molecule has 1 rings (SSSR count). The second-order valence-electron chi connectivity index (χ2n) is 2.65. The minimum absolute atomic E-state index is 0. The molecular formula is C10H11FKN3O3. The molecule has 1 aromatic rings. The first-order valence-electron chi connectivity index (χ1n) is 4.48. The molecule has 0 radical (unpaired) electrons. The number of nitrogens with two attached hydrogens (primary N) is 1. The van der Waals surface area contributed by atoms with Gasteiger partial charge in [0.05, 0.1) is 12.2 Å². The monoisotopic (exact) mass is 279 g/mol. The van der Waals surface area contributed by atoms with Crippen LogP contribution in [0, 0.1) is 5.82 Å². The maximum atomic E-state index is 12.1. The number of hydrogen-bond donors (Lipinski definition) is 2. The van der Waals surface area contributed by atoms with Crippen LogP contribution >= 0.6 is 0 Å². The van der Waals surface area contributed by atoms with Crippen molar-refractivity contribution in [2.24, 2.45) is 0 Å². The standard InChI is InChI=1S/C6H8O2.C4H4FN3O.K/c1-2-3-4-5-6(7)8;5-2-1-7-4(9)8-3(2)6;/h2-5H,1H3,(H,7,8);1H,(H3,6,7,8,9);/q;;+1/p-1/b3-2+,5-4+;;. The van der Waals surface area contributed by atoms with Crippen molar-refractivity contribution in [1.29, 1.82) is 0 Å². The van der Waals surface area contributed by atoms with Crippen LogP contribution in [-0.2, 0) is 4.79 Å². The molecule has 92 valence electrons. The molecule has 0 fully saturated rings. The molecule has 3 N–H and O–H groups in total. The fourth-order valence-electron chi connectivity index (χ4n) is 0.637. The zero-order valence-electron chi connectivity index (χ0n) is 10.0. The summed E-state index contributed by atoms with van der Waals surface area (Å²) in [6.45, 7) is 1.81. The van der Waals surface area contributed by atoms with Crippen LogP contribution in [0.5, 0.6) is 0 Å². The Morgan fingerprint density at radius 3 is 2.56 bits per heavy atom. The van der Waals surface area contributed by atoms with Gasteiger partial charge in [0.15, 0.2) is 5.82 Å². The van der Waals surface area contributed by atoms with Gasteiger partial charge in [-0.1, -0.05) is 18.2 Å². The quantitative estimate of drug-likeness (QED) is 0.329. The number of H-pyrrole nitrogens is 1. The predicted octanol–water partition coefficient (Wildman–Crippen LogP) is -3.64. The van der Waals surface area contributed by atoms with Gasteiger partial charge in [-0.05, 0) is 13.0 Å². The SMILES string of the molecule is C/C=C/C=C/C(=O)[O-].Nc1[nH]c(=O)ncc1F.[K+]. The van der Waals surface area contributed by atoms with Gasteiger partial charge in [0.25, 0.3) is 0 Å². The van der Waals surface area contributed by atoms with Crippen molar-refractivity contribution in [2.45, 2.75) is 6.92 Å². The van der Waals surface area contributed by atoms with E-state index in [1.165, 1.54) is 6.08 Å². The summed E-state index contributed by atoms with van der Waals surface area (Å²) in [6.07, 6.45) is 6.51. The van der Waals surface area contributed by atoms with E-state index in [1.54, 1.807) is 19.1 Å². The third-order valence-corrected chi connectivity index (χ3v) is 1.33. The van der Waals surface area contributed by atoms with Crippen LogP contribution in [0.1, 0.15) is 6.92 Å². The Morgan fingerprint density at radius 2 is 2.17 bits per heavy atom. The van der Waals surface area contributed by atoms with E-state index in [4.69, 9.17) is 5.73 Å². The molecule has 0 saturated carbocycles. The summed E-state index contributed by atoms with van der Waals surface area (Å²) >= 11 is 0. The molecule has 0 aromatic carbocycles. The van der Waals surface area contributed by atoms with Gasteiger partial charge >= 0.3 is 57.1 Å². The van der Waals surface area contributed by atoms with Crippen molar-refractivity contribution in [3.63, 3.8) is 0 Å². The van der Waals surface area contributed by atoms with Gasteiger partial charge in [0, 0.05) is 0 Å². The molecule has 6 nitrogen and oxygen atoms in total. The first kappa shape index (κ1) is 19.5. The van der Waals surface area contributed by atoms with E-state index in [0.29, 0.717) is 0 Å². The number of hydrogen-bond acceptors (Lipinski definition) is 5. The Kier molecular flexibility index (Phi) is 12.3. The van der Waals surface area contributed by atoms with Crippen molar-refractivity contribution >= 4 is 11.8 Å². The number of anilines is 1. The number of carbonyl (C=O) groups excluding carboxylic acids is 1. The zero-order valence-corrected chi connectivity index (χ0v) is 13.1. The molecule has 0 bridgehead atoms. The number of aromatic nitrogens is 2. The normalized spacial score (nSPS) is 9.67. The van der Waals surface area contributed by atoms with Gasteiger partial charge in [0.2, 0.25) is 0 Å². The van der Waals surface area contributed by atoms with E-state index in [2.05, 4.69) is 4.98 Å². The number of halogens is 1. The Labute approximate surface area is 145 Å². The fourth-order valence-corrected chi connectivity index (χ4v) is 0.637. The van der Waals surface area contributed by atoms with Crippen molar-refractivity contribution < 1.29 is 65.7 Å². The van der Waals surface area contributed by atoms with Crippen LogP contribution in [-0.4, -0.2) is 15.9 Å². The predicted molar refractivity (Wildman–Crippen MR) is 58.2 cm³/mol. The average Bonchev–Trinajstić information content (AvgIpc) is 2.25. The topological polar surface area (TPSA) is 112 Å². The summed E-state index contributed by atoms with van der Waals surface area (Å²) in [6, 6.07) is 0. The number of carboxylic acid groups (broad SMARTS) is 1. The number of aromatic amines is 1. The largest absolute Gasteiger partial charge is 1.00 e. The van der Waals surface area contributed by atoms with Crippen molar-refractivity contribution in [2.75, 3.05) is 5.73 Å². The molecule has 0 unspecified atom stereocenters. The van der Waals surface area contributed by atoms with E-state index in [0.717, 1.165) is 12.3 Å². The molecular weight excluding hydrogens is 268 g/mol. The zero-order chi connectivity index (χ0) is 13.3. The number of nitrogen functional groups attached to an aromatic ring is 1. The Balaban J connectivity index is 0. The van der Waals surface area contributed by atoms with Crippen LogP contribution < -0.4 is 67.9 Å². The summed E-state index contributed by atoms with van der Waals surface area (Å²) in [5, 5.41) is 9.64. The van der Waals surface area contributed by atoms with E-state index in [1.807, 2.05) is 4.98 Å². The van der Waals surface area contributed by atoms with Gasteiger partial charge in [-0.25, -0.2) is 9.18 Å². The molecule has 0 spiro atoms. The minimum Gasteiger partial charge on any atom is -0.545 e. The summed E-state index contributed by atoms with van der Waals surface area (Å²) in [5.74, 6) is -2.16. The Bertz CT molecular complexity index is 486. The maximum absolute atomic E-state index is 12.1. The average molecular weight is 279 g/mol. The van der Waals surface area contributed by atoms with Gasteiger partial charge in [-0.15, -0.1) is 0 Å². The molecule has 0 saturated heterocycles. The number of nitrogens with zero attached hydrogens (tertiary/aromatic N) is 1. The fraction of sp³-hybridized carbons (Fsp3) is 0.100. The van der Waals surface area contributed by atoms with Crippen molar-refractivity contribution in [3.05, 3.63) is 46.8 Å². The number of aliphatic carboxylic acids is 1. The molecule has 8 heteroatoms. The second-order valence-corrected chi connectivity index (χ2v) is 2.65. The van der Waals surface area contributed by atoms with Gasteiger partial charge in [0.1, 0.15) is 5.82 Å². The Hall–Kier alpha value is -0.804. The summed E-state index contributed by atoms with van der Waals surface area (Å²) in [4.78, 5) is 24.9. The smallest absolute Gasteiger partial charge is 0.545 e. The van der Waals surface area contributed by atoms with E-state index in [-0.39, 0.29) is 57.2 Å². The third-order valence-electron chi connectivity index (χ3n) is 1.33. The number of allylic oxidation sites excluding steroid dienone is 3. The maximum Gasteiger partial charge on any atom is 1.00 e. The number of rotatable bonds is 2. The van der Waals surface area contributed by atoms with Crippen LogP contribution in [0.3, 0.4) is 0 Å². The second kappa shape index (κ2) is 11.3. The molecule has 18 heavy (non-hydrogen) atoms. The minimum atomic E-state index is -1.16. The first-order valence-corrected chi connectivity index (χ1v) is 4.48. The van der Waals surface area contributed by atoms with E-state index >= 15 is 0 Å². The van der Waals surface area contributed by atoms with Crippen LogP contribution in [0.4, 0.5) is 10.2 Å². The first-order chi connectivity index (χ1) is 7.97. The van der Waals surface area contributed by atoms with Gasteiger partial charge < -0.3 is 15.6 Å². The summed E-state index contributed by atoms with van der Waals surface area (Å²) < 4.78 is 12.1. The van der Waals surface area contributed by atoms with Crippen molar-refractivity contribution in [1.82, 2.24) is 9.97 Å².